The lowest BCUT2D eigenvalue weighted by molar-refractivity contribution is -0.385. The molecular weight excluding hydrogens is 329 g/mol. The quantitative estimate of drug-likeness (QED) is 0.373. The van der Waals surface area contributed by atoms with Gasteiger partial charge in [-0.2, -0.15) is 0 Å². The van der Waals surface area contributed by atoms with Crippen LogP contribution in [0.4, 0.5) is 5.69 Å². The minimum atomic E-state index is -0.702. The maximum absolute atomic E-state index is 11.2. The van der Waals surface area contributed by atoms with Gasteiger partial charge in [-0.15, -0.1) is 0 Å². The van der Waals surface area contributed by atoms with Crippen LogP contribution in [0.15, 0.2) is 27.4 Å². The van der Waals surface area contributed by atoms with E-state index in [9.17, 15) is 20.0 Å². The molecule has 0 fully saturated rings. The SMILES string of the molecule is O=c1oc2cc(O)c([N+](=O)[O-])cc2cc1I. The lowest BCUT2D eigenvalue weighted by atomic mass is 10.2. The number of halogens is 1. The van der Waals surface area contributed by atoms with Crippen molar-refractivity contribution in [3.05, 3.63) is 42.3 Å². The minimum absolute atomic E-state index is 0.119. The molecule has 0 spiro atoms. The van der Waals surface area contributed by atoms with Crippen LogP contribution < -0.4 is 5.63 Å². The summed E-state index contributed by atoms with van der Waals surface area (Å²) in [6.07, 6.45) is 0. The lowest BCUT2D eigenvalue weighted by Gasteiger charge is -1.99. The Hall–Kier alpha value is -1.64. The molecule has 6 nitrogen and oxygen atoms in total. The van der Waals surface area contributed by atoms with Gasteiger partial charge in [0, 0.05) is 17.5 Å². The maximum Gasteiger partial charge on any atom is 0.349 e. The number of aromatic hydroxyl groups is 1. The van der Waals surface area contributed by atoms with Gasteiger partial charge in [-0.3, -0.25) is 10.1 Å². The van der Waals surface area contributed by atoms with Crippen LogP contribution >= 0.6 is 22.6 Å². The summed E-state index contributed by atoms with van der Waals surface area (Å²) >= 11 is 1.77. The van der Waals surface area contributed by atoms with Crippen LogP contribution in [0.2, 0.25) is 0 Å². The summed E-state index contributed by atoms with van der Waals surface area (Å²) < 4.78 is 5.19. The highest BCUT2D eigenvalue weighted by atomic mass is 127. The van der Waals surface area contributed by atoms with Crippen LogP contribution in [0, 0.1) is 13.7 Å². The summed E-state index contributed by atoms with van der Waals surface area (Å²) in [4.78, 5) is 21.0. The molecule has 1 heterocycles. The first-order valence-corrected chi connectivity index (χ1v) is 5.17. The average molecular weight is 333 g/mol. The number of nitro benzene ring substituents is 1. The first-order chi connectivity index (χ1) is 7.49. The molecule has 0 atom stereocenters. The van der Waals surface area contributed by atoms with Gasteiger partial charge in [-0.25, -0.2) is 4.79 Å². The summed E-state index contributed by atoms with van der Waals surface area (Å²) in [7, 11) is 0. The van der Waals surface area contributed by atoms with Crippen LogP contribution in [-0.2, 0) is 0 Å². The van der Waals surface area contributed by atoms with Crippen molar-refractivity contribution in [1.29, 1.82) is 0 Å². The molecule has 0 radical (unpaired) electrons. The first kappa shape index (κ1) is 10.9. The van der Waals surface area contributed by atoms with Gasteiger partial charge in [0.1, 0.15) is 5.58 Å². The molecule has 0 amide bonds. The second-order valence-corrected chi connectivity index (χ2v) is 4.18. The molecule has 1 aromatic heterocycles. The summed E-state index contributed by atoms with van der Waals surface area (Å²) in [5.41, 5.74) is -0.841. The van der Waals surface area contributed by atoms with E-state index in [4.69, 9.17) is 4.42 Å². The van der Waals surface area contributed by atoms with E-state index in [2.05, 4.69) is 0 Å². The van der Waals surface area contributed by atoms with Crippen LogP contribution in [0.3, 0.4) is 0 Å². The molecule has 1 N–H and O–H groups in total. The summed E-state index contributed by atoms with van der Waals surface area (Å²) in [6, 6.07) is 3.69. The molecule has 2 aromatic rings. The number of phenols is 1. The van der Waals surface area contributed by atoms with Gasteiger partial charge < -0.3 is 9.52 Å². The zero-order chi connectivity index (χ0) is 11.9. The van der Waals surface area contributed by atoms with Crippen LogP contribution in [0.5, 0.6) is 5.75 Å². The fraction of sp³-hybridized carbons (Fsp3) is 0. The molecular formula is C9H4INO5. The number of fused-ring (bicyclic) bond motifs is 1. The summed E-state index contributed by atoms with van der Waals surface area (Å²) in [6.45, 7) is 0. The summed E-state index contributed by atoms with van der Waals surface area (Å²) in [5, 5.41) is 20.3. The van der Waals surface area contributed by atoms with E-state index >= 15 is 0 Å². The fourth-order valence-corrected chi connectivity index (χ4v) is 1.71. The first-order valence-electron chi connectivity index (χ1n) is 4.10. The molecule has 0 aliphatic rings. The van der Waals surface area contributed by atoms with Gasteiger partial charge in [-0.1, -0.05) is 0 Å². The van der Waals surface area contributed by atoms with Gasteiger partial charge in [0.2, 0.25) is 0 Å². The van der Waals surface area contributed by atoms with Crippen LogP contribution in [0.25, 0.3) is 11.0 Å². The van der Waals surface area contributed by atoms with Crippen molar-refractivity contribution in [1.82, 2.24) is 0 Å². The molecule has 0 aliphatic carbocycles. The molecule has 2 rings (SSSR count). The van der Waals surface area contributed by atoms with E-state index in [1.165, 1.54) is 6.07 Å². The lowest BCUT2D eigenvalue weighted by Crippen LogP contribution is -2.02. The zero-order valence-electron chi connectivity index (χ0n) is 7.64. The van der Waals surface area contributed by atoms with Crippen molar-refractivity contribution < 1.29 is 14.4 Å². The number of nitro groups is 1. The number of phenolic OH excluding ortho intramolecular Hbond substituents is 1. The van der Waals surface area contributed by atoms with Crippen molar-refractivity contribution in [2.24, 2.45) is 0 Å². The van der Waals surface area contributed by atoms with Gasteiger partial charge >= 0.3 is 11.3 Å². The highest BCUT2D eigenvalue weighted by Gasteiger charge is 2.16. The van der Waals surface area contributed by atoms with Gasteiger partial charge in [0.25, 0.3) is 0 Å². The Labute approximate surface area is 102 Å². The monoisotopic (exact) mass is 333 g/mol. The van der Waals surface area contributed by atoms with E-state index in [0.717, 1.165) is 12.1 Å². The summed E-state index contributed by atoms with van der Waals surface area (Å²) in [5.74, 6) is -0.526. The Morgan fingerprint density at radius 2 is 2.06 bits per heavy atom. The van der Waals surface area contributed by atoms with E-state index < -0.39 is 22.0 Å². The minimum Gasteiger partial charge on any atom is -0.502 e. The molecule has 0 saturated carbocycles. The predicted octanol–water partition coefficient (Wildman–Crippen LogP) is 2.01. The third kappa shape index (κ3) is 1.73. The molecule has 0 bridgehead atoms. The molecule has 0 unspecified atom stereocenters. The van der Waals surface area contributed by atoms with Crippen molar-refractivity contribution in [2.45, 2.75) is 0 Å². The largest absolute Gasteiger partial charge is 0.502 e. The number of rotatable bonds is 1. The van der Waals surface area contributed by atoms with Crippen molar-refractivity contribution >= 4 is 39.2 Å². The van der Waals surface area contributed by atoms with Gasteiger partial charge in [-0.05, 0) is 28.7 Å². The van der Waals surface area contributed by atoms with Crippen molar-refractivity contribution in [2.75, 3.05) is 0 Å². The van der Waals surface area contributed by atoms with Crippen LogP contribution in [-0.4, -0.2) is 10.0 Å². The number of benzene rings is 1. The van der Waals surface area contributed by atoms with Crippen LogP contribution in [0.1, 0.15) is 0 Å². The van der Waals surface area contributed by atoms with E-state index in [1.54, 1.807) is 22.6 Å². The maximum atomic E-state index is 11.2. The second kappa shape index (κ2) is 3.74. The van der Waals surface area contributed by atoms with Crippen molar-refractivity contribution in [3.63, 3.8) is 0 Å². The number of nitrogens with zero attached hydrogens (tertiary/aromatic N) is 1. The Bertz CT molecular complexity index is 648. The molecule has 0 aliphatic heterocycles. The third-order valence-electron chi connectivity index (χ3n) is 1.98. The topological polar surface area (TPSA) is 93.6 Å². The smallest absolute Gasteiger partial charge is 0.349 e. The Kier molecular flexibility index (Phi) is 2.54. The normalized spacial score (nSPS) is 10.6. The Balaban J connectivity index is 2.85. The van der Waals surface area contributed by atoms with Crippen molar-refractivity contribution in [3.8, 4) is 5.75 Å². The second-order valence-electron chi connectivity index (χ2n) is 3.02. The predicted molar refractivity (Wildman–Crippen MR) is 63.5 cm³/mol. The Morgan fingerprint density at radius 3 is 2.69 bits per heavy atom. The highest BCUT2D eigenvalue weighted by Crippen LogP contribution is 2.30. The van der Waals surface area contributed by atoms with E-state index in [0.29, 0.717) is 8.96 Å². The standard InChI is InChI=1S/C9H4INO5/c10-5-1-4-2-6(11(14)15)7(12)3-8(4)16-9(5)13/h1-3,12H. The van der Waals surface area contributed by atoms with Gasteiger partial charge in [0.15, 0.2) is 5.75 Å². The molecule has 16 heavy (non-hydrogen) atoms. The van der Waals surface area contributed by atoms with Gasteiger partial charge in [0.05, 0.1) is 8.49 Å². The third-order valence-corrected chi connectivity index (χ3v) is 2.74. The Morgan fingerprint density at radius 1 is 1.38 bits per heavy atom. The molecule has 82 valence electrons. The van der Waals surface area contributed by atoms with E-state index in [-0.39, 0.29) is 5.58 Å². The fourth-order valence-electron chi connectivity index (χ4n) is 1.27. The zero-order valence-corrected chi connectivity index (χ0v) is 9.79. The highest BCUT2D eigenvalue weighted by molar-refractivity contribution is 14.1. The average Bonchev–Trinajstić information content (AvgIpc) is 2.19. The molecule has 1 aromatic carbocycles. The van der Waals surface area contributed by atoms with E-state index in [1.807, 2.05) is 0 Å². The number of hydrogen-bond donors (Lipinski definition) is 1. The molecule has 0 saturated heterocycles. The number of hydrogen-bond acceptors (Lipinski definition) is 5. The molecule has 7 heteroatoms.